The molecule has 1 N–H and O–H groups in total. The van der Waals surface area contributed by atoms with Gasteiger partial charge in [0.25, 0.3) is 5.91 Å². The van der Waals surface area contributed by atoms with Gasteiger partial charge in [-0.25, -0.2) is 0 Å². The molecule has 1 aromatic heterocycles. The Kier molecular flexibility index (Phi) is 3.29. The van der Waals surface area contributed by atoms with Gasteiger partial charge in [-0.05, 0) is 13.8 Å². The van der Waals surface area contributed by atoms with E-state index in [0.717, 1.165) is 5.56 Å². The second kappa shape index (κ2) is 4.47. The Morgan fingerprint density at radius 2 is 2.57 bits per heavy atom. The van der Waals surface area contributed by atoms with Crippen LogP contribution >= 0.6 is 0 Å². The van der Waals surface area contributed by atoms with Gasteiger partial charge in [0, 0.05) is 18.0 Å². The lowest BCUT2D eigenvalue weighted by atomic mass is 10.2. The summed E-state index contributed by atoms with van der Waals surface area (Å²) in [6.07, 6.45) is 7.12. The van der Waals surface area contributed by atoms with Crippen LogP contribution in [0.3, 0.4) is 0 Å². The van der Waals surface area contributed by atoms with Crippen molar-refractivity contribution in [2.45, 2.75) is 26.3 Å². The van der Waals surface area contributed by atoms with Crippen LogP contribution in [0, 0.1) is 19.3 Å². The molecule has 4 nitrogen and oxygen atoms in total. The number of rotatable bonds is 3. The first-order chi connectivity index (χ1) is 6.65. The zero-order valence-electron chi connectivity index (χ0n) is 8.20. The van der Waals surface area contributed by atoms with Crippen molar-refractivity contribution in [3.05, 3.63) is 17.5 Å². The van der Waals surface area contributed by atoms with Crippen molar-refractivity contribution in [2.75, 3.05) is 0 Å². The Hall–Kier alpha value is -1.76. The molecule has 1 aromatic rings. The minimum Gasteiger partial charge on any atom is -0.351 e. The molecular formula is C10H12N2O2. The molecule has 14 heavy (non-hydrogen) atoms. The van der Waals surface area contributed by atoms with Gasteiger partial charge in [-0.3, -0.25) is 4.79 Å². The van der Waals surface area contributed by atoms with Gasteiger partial charge in [-0.15, -0.1) is 12.3 Å². The molecule has 0 aliphatic rings. The van der Waals surface area contributed by atoms with E-state index in [1.165, 1.54) is 6.20 Å². The quantitative estimate of drug-likeness (QED) is 0.730. The van der Waals surface area contributed by atoms with Gasteiger partial charge in [-0.2, -0.15) is 0 Å². The molecule has 0 aliphatic carbocycles. The molecule has 4 heteroatoms. The fourth-order valence-corrected chi connectivity index (χ4v) is 1.03. The number of aromatic nitrogens is 1. The average molecular weight is 192 g/mol. The van der Waals surface area contributed by atoms with Gasteiger partial charge < -0.3 is 9.84 Å². The molecule has 0 bridgehead atoms. The van der Waals surface area contributed by atoms with Gasteiger partial charge in [0.2, 0.25) is 5.76 Å². The summed E-state index contributed by atoms with van der Waals surface area (Å²) < 4.78 is 4.79. The highest BCUT2D eigenvalue weighted by Crippen LogP contribution is 2.05. The minimum atomic E-state index is -0.275. The molecule has 1 atom stereocenters. The van der Waals surface area contributed by atoms with E-state index in [2.05, 4.69) is 16.4 Å². The first kappa shape index (κ1) is 10.3. The predicted octanol–water partition coefficient (Wildman–Crippen LogP) is 1.12. The molecule has 1 amide bonds. The van der Waals surface area contributed by atoms with Gasteiger partial charge in [0.1, 0.15) is 0 Å². The first-order valence-electron chi connectivity index (χ1n) is 4.30. The lowest BCUT2D eigenvalue weighted by Gasteiger charge is -2.08. The van der Waals surface area contributed by atoms with Crippen molar-refractivity contribution in [3.8, 4) is 12.3 Å². The lowest BCUT2D eigenvalue weighted by molar-refractivity contribution is 0.0903. The molecule has 0 saturated carbocycles. The average Bonchev–Trinajstić information content (AvgIpc) is 2.51. The third kappa shape index (κ3) is 2.36. The lowest BCUT2D eigenvalue weighted by Crippen LogP contribution is -2.32. The zero-order valence-corrected chi connectivity index (χ0v) is 8.20. The Balaban J connectivity index is 2.60. The van der Waals surface area contributed by atoms with Crippen LogP contribution in [-0.2, 0) is 0 Å². The third-order valence-corrected chi connectivity index (χ3v) is 1.76. The molecule has 74 valence electrons. The Morgan fingerprint density at radius 3 is 3.07 bits per heavy atom. The highest BCUT2D eigenvalue weighted by Gasteiger charge is 2.15. The standard InChI is InChI=1S/C10H12N2O2/c1-4-5-8(3)12-10(13)9-7(2)6-11-14-9/h1,6,8H,5H2,2-3H3,(H,12,13). The number of aryl methyl sites for hydroxylation is 1. The van der Waals surface area contributed by atoms with E-state index in [1.807, 2.05) is 6.92 Å². The Bertz CT molecular complexity index is 362. The normalized spacial score (nSPS) is 11.8. The van der Waals surface area contributed by atoms with Crippen LogP contribution < -0.4 is 5.32 Å². The molecule has 0 spiro atoms. The van der Waals surface area contributed by atoms with E-state index in [9.17, 15) is 4.79 Å². The fourth-order valence-electron chi connectivity index (χ4n) is 1.03. The van der Waals surface area contributed by atoms with Crippen LogP contribution in [0.2, 0.25) is 0 Å². The summed E-state index contributed by atoms with van der Waals surface area (Å²) in [5, 5.41) is 6.23. The van der Waals surface area contributed by atoms with Gasteiger partial charge in [-0.1, -0.05) is 5.16 Å². The number of hydrogen-bond donors (Lipinski definition) is 1. The summed E-state index contributed by atoms with van der Waals surface area (Å²) in [7, 11) is 0. The number of hydrogen-bond acceptors (Lipinski definition) is 3. The van der Waals surface area contributed by atoms with Crippen LogP contribution in [0.5, 0.6) is 0 Å². The minimum absolute atomic E-state index is 0.0583. The molecule has 0 saturated heterocycles. The second-order valence-electron chi connectivity index (χ2n) is 3.12. The maximum atomic E-state index is 11.5. The maximum Gasteiger partial charge on any atom is 0.290 e. The molecule has 0 radical (unpaired) electrons. The smallest absolute Gasteiger partial charge is 0.290 e. The van der Waals surface area contributed by atoms with Crippen molar-refractivity contribution in [1.29, 1.82) is 0 Å². The summed E-state index contributed by atoms with van der Waals surface area (Å²) >= 11 is 0. The monoisotopic (exact) mass is 192 g/mol. The summed E-state index contributed by atoms with van der Waals surface area (Å²) in [6.45, 7) is 3.60. The zero-order chi connectivity index (χ0) is 10.6. The van der Waals surface area contributed by atoms with Crippen LogP contribution in [0.1, 0.15) is 29.5 Å². The number of nitrogens with zero attached hydrogens (tertiary/aromatic N) is 1. The SMILES string of the molecule is C#CCC(C)NC(=O)c1oncc1C. The molecular weight excluding hydrogens is 180 g/mol. The van der Waals surface area contributed by atoms with Crippen LogP contribution in [-0.4, -0.2) is 17.1 Å². The number of carbonyl (C=O) groups is 1. The van der Waals surface area contributed by atoms with Gasteiger partial charge >= 0.3 is 0 Å². The van der Waals surface area contributed by atoms with Crippen molar-refractivity contribution in [2.24, 2.45) is 0 Å². The van der Waals surface area contributed by atoms with Gasteiger partial charge in [0.05, 0.1) is 6.20 Å². The predicted molar refractivity (Wildman–Crippen MR) is 51.6 cm³/mol. The van der Waals surface area contributed by atoms with Gasteiger partial charge in [0.15, 0.2) is 0 Å². The highest BCUT2D eigenvalue weighted by molar-refractivity contribution is 5.92. The molecule has 0 aromatic carbocycles. The van der Waals surface area contributed by atoms with E-state index in [4.69, 9.17) is 10.9 Å². The molecule has 0 fully saturated rings. The van der Waals surface area contributed by atoms with E-state index >= 15 is 0 Å². The van der Waals surface area contributed by atoms with E-state index in [0.29, 0.717) is 6.42 Å². The fraction of sp³-hybridized carbons (Fsp3) is 0.400. The molecule has 1 heterocycles. The molecule has 1 rings (SSSR count). The Morgan fingerprint density at radius 1 is 1.86 bits per heavy atom. The third-order valence-electron chi connectivity index (χ3n) is 1.76. The first-order valence-corrected chi connectivity index (χ1v) is 4.30. The summed E-state index contributed by atoms with van der Waals surface area (Å²) in [5.41, 5.74) is 0.718. The maximum absolute atomic E-state index is 11.5. The van der Waals surface area contributed by atoms with Crippen LogP contribution in [0.15, 0.2) is 10.7 Å². The van der Waals surface area contributed by atoms with Crippen LogP contribution in [0.25, 0.3) is 0 Å². The number of nitrogens with one attached hydrogen (secondary N) is 1. The van der Waals surface area contributed by atoms with Crippen molar-refractivity contribution >= 4 is 5.91 Å². The number of amides is 1. The van der Waals surface area contributed by atoms with E-state index < -0.39 is 0 Å². The van der Waals surface area contributed by atoms with Crippen LogP contribution in [0.4, 0.5) is 0 Å². The largest absolute Gasteiger partial charge is 0.351 e. The van der Waals surface area contributed by atoms with E-state index in [-0.39, 0.29) is 17.7 Å². The summed E-state index contributed by atoms with van der Waals surface area (Å²) in [4.78, 5) is 11.5. The molecule has 0 aliphatic heterocycles. The second-order valence-corrected chi connectivity index (χ2v) is 3.12. The van der Waals surface area contributed by atoms with Crippen molar-refractivity contribution < 1.29 is 9.32 Å². The molecule has 1 unspecified atom stereocenters. The van der Waals surface area contributed by atoms with Crippen molar-refractivity contribution in [1.82, 2.24) is 10.5 Å². The summed E-state index contributed by atoms with van der Waals surface area (Å²) in [5.74, 6) is 2.44. The summed E-state index contributed by atoms with van der Waals surface area (Å²) in [6, 6.07) is -0.0583. The number of carbonyl (C=O) groups excluding carboxylic acids is 1. The van der Waals surface area contributed by atoms with E-state index in [1.54, 1.807) is 6.92 Å². The Labute approximate surface area is 82.7 Å². The highest BCUT2D eigenvalue weighted by atomic mass is 16.5. The number of terminal acetylenes is 1. The van der Waals surface area contributed by atoms with Crippen molar-refractivity contribution in [3.63, 3.8) is 0 Å². The topological polar surface area (TPSA) is 55.1 Å².